The highest BCUT2D eigenvalue weighted by Gasteiger charge is 2.40. The SMILES string of the molecule is CC(C)C(C(=O)O)N1C(=O)Cc2ccccc2C1=O. The van der Waals surface area contributed by atoms with Crippen LogP contribution in [0.1, 0.15) is 29.8 Å². The maximum absolute atomic E-state index is 12.3. The number of hydrogen-bond donors (Lipinski definition) is 1. The van der Waals surface area contributed by atoms with Gasteiger partial charge in [-0.1, -0.05) is 32.0 Å². The minimum Gasteiger partial charge on any atom is -0.480 e. The molecule has 1 N–H and O–H groups in total. The highest BCUT2D eigenvalue weighted by Crippen LogP contribution is 2.24. The molecule has 0 aromatic heterocycles. The normalized spacial score (nSPS) is 16.5. The molecule has 1 atom stereocenters. The molecule has 19 heavy (non-hydrogen) atoms. The van der Waals surface area contributed by atoms with Gasteiger partial charge in [-0.05, 0) is 17.5 Å². The molecule has 1 aliphatic rings. The summed E-state index contributed by atoms with van der Waals surface area (Å²) in [5, 5.41) is 9.23. The van der Waals surface area contributed by atoms with Crippen LogP contribution in [-0.4, -0.2) is 33.8 Å². The first-order chi connectivity index (χ1) is 8.93. The van der Waals surface area contributed by atoms with Crippen LogP contribution in [0, 0.1) is 5.92 Å². The van der Waals surface area contributed by atoms with Gasteiger partial charge in [0.15, 0.2) is 0 Å². The Morgan fingerprint density at radius 1 is 1.26 bits per heavy atom. The molecular formula is C14H15NO4. The van der Waals surface area contributed by atoms with E-state index in [1.807, 2.05) is 0 Å². The van der Waals surface area contributed by atoms with Crippen molar-refractivity contribution in [2.75, 3.05) is 0 Å². The number of hydrogen-bond acceptors (Lipinski definition) is 3. The quantitative estimate of drug-likeness (QED) is 0.833. The number of carbonyl (C=O) groups is 3. The lowest BCUT2D eigenvalue weighted by Gasteiger charge is -2.33. The molecule has 0 fully saturated rings. The maximum atomic E-state index is 12.3. The lowest BCUT2D eigenvalue weighted by atomic mass is 9.94. The first kappa shape index (κ1) is 13.3. The summed E-state index contributed by atoms with van der Waals surface area (Å²) in [6.07, 6.45) is 0.0679. The number of amides is 2. The van der Waals surface area contributed by atoms with Crippen molar-refractivity contribution in [3.05, 3.63) is 35.4 Å². The lowest BCUT2D eigenvalue weighted by molar-refractivity contribution is -0.149. The molecule has 0 aliphatic carbocycles. The molecule has 100 valence electrons. The van der Waals surface area contributed by atoms with Gasteiger partial charge in [-0.15, -0.1) is 0 Å². The van der Waals surface area contributed by atoms with E-state index in [1.54, 1.807) is 38.1 Å². The van der Waals surface area contributed by atoms with Gasteiger partial charge in [-0.25, -0.2) is 4.79 Å². The van der Waals surface area contributed by atoms with Crippen LogP contribution >= 0.6 is 0 Å². The standard InChI is InChI=1S/C14H15NO4/c1-8(2)12(14(18)19)15-11(16)7-9-5-3-4-6-10(9)13(15)17/h3-6,8,12H,7H2,1-2H3,(H,18,19). The van der Waals surface area contributed by atoms with Gasteiger partial charge >= 0.3 is 5.97 Å². The zero-order valence-corrected chi connectivity index (χ0v) is 10.8. The molecule has 5 heteroatoms. The van der Waals surface area contributed by atoms with Gasteiger partial charge in [0.1, 0.15) is 6.04 Å². The van der Waals surface area contributed by atoms with E-state index in [2.05, 4.69) is 0 Å². The van der Waals surface area contributed by atoms with Crippen LogP contribution in [-0.2, 0) is 16.0 Å². The summed E-state index contributed by atoms with van der Waals surface area (Å²) in [6, 6.07) is 5.68. The van der Waals surface area contributed by atoms with Crippen LogP contribution in [0.3, 0.4) is 0 Å². The topological polar surface area (TPSA) is 74.7 Å². The van der Waals surface area contributed by atoms with E-state index in [1.165, 1.54) is 0 Å². The molecule has 1 unspecified atom stereocenters. The highest BCUT2D eigenvalue weighted by atomic mass is 16.4. The third kappa shape index (κ3) is 2.23. The number of nitrogens with zero attached hydrogens (tertiary/aromatic N) is 1. The van der Waals surface area contributed by atoms with E-state index in [4.69, 9.17) is 0 Å². The van der Waals surface area contributed by atoms with Gasteiger partial charge in [-0.3, -0.25) is 14.5 Å². The third-order valence-corrected chi connectivity index (χ3v) is 3.24. The smallest absolute Gasteiger partial charge is 0.327 e. The Morgan fingerprint density at radius 3 is 2.47 bits per heavy atom. The minimum absolute atomic E-state index is 0.0679. The largest absolute Gasteiger partial charge is 0.480 e. The van der Waals surface area contributed by atoms with Gasteiger partial charge in [0.25, 0.3) is 5.91 Å². The van der Waals surface area contributed by atoms with E-state index in [0.717, 1.165) is 4.90 Å². The molecule has 0 saturated carbocycles. The summed E-state index contributed by atoms with van der Waals surface area (Å²) in [6.45, 7) is 3.36. The summed E-state index contributed by atoms with van der Waals surface area (Å²) in [5.74, 6) is -2.47. The van der Waals surface area contributed by atoms with Crippen molar-refractivity contribution in [1.82, 2.24) is 4.90 Å². The monoisotopic (exact) mass is 261 g/mol. The van der Waals surface area contributed by atoms with Gasteiger partial charge in [0.2, 0.25) is 5.91 Å². The van der Waals surface area contributed by atoms with Crippen LogP contribution in [0.5, 0.6) is 0 Å². The van der Waals surface area contributed by atoms with Gasteiger partial charge in [-0.2, -0.15) is 0 Å². The van der Waals surface area contributed by atoms with E-state index in [-0.39, 0.29) is 12.3 Å². The lowest BCUT2D eigenvalue weighted by Crippen LogP contribution is -2.53. The van der Waals surface area contributed by atoms with E-state index < -0.39 is 23.8 Å². The number of fused-ring (bicyclic) bond motifs is 1. The predicted octanol–water partition coefficient (Wildman–Crippen LogP) is 1.32. The molecule has 1 aliphatic heterocycles. The summed E-state index contributed by atoms with van der Waals surface area (Å²) in [7, 11) is 0. The molecule has 0 saturated heterocycles. The van der Waals surface area contributed by atoms with Gasteiger partial charge in [0.05, 0.1) is 6.42 Å². The molecule has 1 aromatic rings. The first-order valence-electron chi connectivity index (χ1n) is 6.10. The Balaban J connectivity index is 2.46. The number of carboxylic acids is 1. The van der Waals surface area contributed by atoms with Crippen molar-refractivity contribution in [3.8, 4) is 0 Å². The average molecular weight is 261 g/mol. The fourth-order valence-electron chi connectivity index (χ4n) is 2.35. The number of aliphatic carboxylic acids is 1. The summed E-state index contributed by atoms with van der Waals surface area (Å²) < 4.78 is 0. The van der Waals surface area contributed by atoms with Crippen LogP contribution in [0.2, 0.25) is 0 Å². The van der Waals surface area contributed by atoms with Gasteiger partial charge in [0, 0.05) is 5.56 Å². The molecule has 0 bridgehead atoms. The Labute approximate surface area is 110 Å². The van der Waals surface area contributed by atoms with Crippen molar-refractivity contribution < 1.29 is 19.5 Å². The number of benzene rings is 1. The van der Waals surface area contributed by atoms with E-state index >= 15 is 0 Å². The zero-order valence-electron chi connectivity index (χ0n) is 10.8. The number of imide groups is 1. The first-order valence-corrected chi connectivity index (χ1v) is 6.10. The van der Waals surface area contributed by atoms with Gasteiger partial charge < -0.3 is 5.11 Å². The summed E-state index contributed by atoms with van der Waals surface area (Å²) in [4.78, 5) is 36.6. The van der Waals surface area contributed by atoms with Crippen LogP contribution < -0.4 is 0 Å². The molecule has 0 radical (unpaired) electrons. The average Bonchev–Trinajstić information content (AvgIpc) is 2.33. The van der Waals surface area contributed by atoms with E-state index in [9.17, 15) is 19.5 Å². The summed E-state index contributed by atoms with van der Waals surface area (Å²) in [5.41, 5.74) is 1.07. The molecule has 5 nitrogen and oxygen atoms in total. The number of carboxylic acid groups (broad SMARTS) is 1. The molecular weight excluding hydrogens is 246 g/mol. The van der Waals surface area contributed by atoms with Crippen molar-refractivity contribution in [2.45, 2.75) is 26.3 Å². The predicted molar refractivity (Wildman–Crippen MR) is 67.6 cm³/mol. The number of rotatable bonds is 3. The second-order valence-corrected chi connectivity index (χ2v) is 4.93. The molecule has 1 heterocycles. The van der Waals surface area contributed by atoms with Crippen LogP contribution in [0.15, 0.2) is 24.3 Å². The second-order valence-electron chi connectivity index (χ2n) is 4.93. The minimum atomic E-state index is -1.16. The molecule has 0 spiro atoms. The van der Waals surface area contributed by atoms with Crippen molar-refractivity contribution in [1.29, 1.82) is 0 Å². The maximum Gasteiger partial charge on any atom is 0.327 e. The Bertz CT molecular complexity index is 550. The molecule has 2 rings (SSSR count). The van der Waals surface area contributed by atoms with E-state index in [0.29, 0.717) is 11.1 Å². The fourth-order valence-corrected chi connectivity index (χ4v) is 2.35. The van der Waals surface area contributed by atoms with Crippen molar-refractivity contribution >= 4 is 17.8 Å². The molecule has 2 amide bonds. The van der Waals surface area contributed by atoms with Crippen LogP contribution in [0.4, 0.5) is 0 Å². The van der Waals surface area contributed by atoms with Crippen molar-refractivity contribution in [3.63, 3.8) is 0 Å². The Hall–Kier alpha value is -2.17. The highest BCUT2D eigenvalue weighted by molar-refractivity contribution is 6.11. The summed E-state index contributed by atoms with van der Waals surface area (Å²) >= 11 is 0. The fraction of sp³-hybridized carbons (Fsp3) is 0.357. The second kappa shape index (κ2) is 4.84. The van der Waals surface area contributed by atoms with Crippen molar-refractivity contribution in [2.24, 2.45) is 5.92 Å². The molecule has 1 aromatic carbocycles. The Morgan fingerprint density at radius 2 is 1.89 bits per heavy atom. The third-order valence-electron chi connectivity index (χ3n) is 3.24. The zero-order chi connectivity index (χ0) is 14.2. The Kier molecular flexibility index (Phi) is 3.38. The van der Waals surface area contributed by atoms with Crippen LogP contribution in [0.25, 0.3) is 0 Å². The number of carbonyl (C=O) groups excluding carboxylic acids is 2.